The van der Waals surface area contributed by atoms with Gasteiger partial charge in [-0.25, -0.2) is 0 Å². The van der Waals surface area contributed by atoms with Crippen molar-refractivity contribution in [2.45, 2.75) is 18.9 Å². The Morgan fingerprint density at radius 3 is 2.50 bits per heavy atom. The van der Waals surface area contributed by atoms with Crippen LogP contribution in [0, 0.1) is 0 Å². The van der Waals surface area contributed by atoms with Crippen molar-refractivity contribution in [2.24, 2.45) is 0 Å². The Hall–Kier alpha value is -0.200. The van der Waals surface area contributed by atoms with E-state index in [2.05, 4.69) is 17.7 Å². The molecule has 2 N–H and O–H groups in total. The highest BCUT2D eigenvalue weighted by molar-refractivity contribution is 4.68. The van der Waals surface area contributed by atoms with Crippen LogP contribution in [0.2, 0.25) is 0 Å². The normalized spacial score (nSPS) is 21.8. The molecule has 1 fully saturated rings. The summed E-state index contributed by atoms with van der Waals surface area (Å²) in [5.41, 5.74) is 0. The molecule has 0 amide bonds. The van der Waals surface area contributed by atoms with Crippen LogP contribution >= 0.6 is 0 Å². The van der Waals surface area contributed by atoms with Crippen LogP contribution in [0.4, 0.5) is 0 Å². The van der Waals surface area contributed by atoms with Crippen molar-refractivity contribution in [3.8, 4) is 0 Å². The molecule has 0 aromatic heterocycles. The van der Waals surface area contributed by atoms with E-state index < -0.39 is 0 Å². The highest BCUT2D eigenvalue weighted by Gasteiger charge is 2.33. The van der Waals surface area contributed by atoms with Crippen molar-refractivity contribution in [1.29, 1.82) is 0 Å². The fourth-order valence-corrected chi connectivity index (χ4v) is 2.36. The number of hydrogen-bond acceptors (Lipinski definition) is 4. The van der Waals surface area contributed by atoms with E-state index in [-0.39, 0.29) is 0 Å². The first kappa shape index (κ1) is 15.9. The molecule has 0 aliphatic carbocycles. The fourth-order valence-electron chi connectivity index (χ4n) is 2.36. The third-order valence-electron chi connectivity index (χ3n) is 3.47. The molecule has 0 aromatic rings. The number of nitrogens with one attached hydrogen (secondary N) is 2. The zero-order chi connectivity index (χ0) is 13.3. The molecule has 0 aromatic carbocycles. The minimum atomic E-state index is 0.511. The van der Waals surface area contributed by atoms with Gasteiger partial charge in [-0.2, -0.15) is 0 Å². The van der Waals surface area contributed by atoms with Gasteiger partial charge in [-0.15, -0.1) is 0 Å². The maximum atomic E-state index is 5.39. The summed E-state index contributed by atoms with van der Waals surface area (Å²) in [6.45, 7) is 7.33. The molecule has 1 aliphatic heterocycles. The van der Waals surface area contributed by atoms with E-state index in [0.29, 0.717) is 12.8 Å². The molecule has 1 rings (SSSR count). The molecule has 108 valence electrons. The third kappa shape index (κ3) is 7.28. The van der Waals surface area contributed by atoms with Gasteiger partial charge in [0.05, 0.1) is 33.5 Å². The van der Waals surface area contributed by atoms with Gasteiger partial charge in [0.2, 0.25) is 0 Å². The van der Waals surface area contributed by atoms with Gasteiger partial charge in [0.25, 0.3) is 0 Å². The lowest BCUT2D eigenvalue weighted by Crippen LogP contribution is -2.49. The Balaban J connectivity index is 2.19. The quantitative estimate of drug-likeness (QED) is 0.225. The fraction of sp³-hybridized carbons (Fsp3) is 1.00. The average Bonchev–Trinajstić information content (AvgIpc) is 3.13. The number of nitrogens with zero attached hydrogens (tertiary/aromatic N) is 1. The molecular weight excluding hydrogens is 230 g/mol. The predicted molar refractivity (Wildman–Crippen MR) is 73.6 cm³/mol. The van der Waals surface area contributed by atoms with Gasteiger partial charge in [-0.1, -0.05) is 0 Å². The maximum absolute atomic E-state index is 5.39. The summed E-state index contributed by atoms with van der Waals surface area (Å²) < 4.78 is 11.5. The van der Waals surface area contributed by atoms with Crippen LogP contribution in [0.25, 0.3) is 0 Å². The van der Waals surface area contributed by atoms with E-state index >= 15 is 0 Å². The van der Waals surface area contributed by atoms with Crippen LogP contribution in [0.1, 0.15) is 12.8 Å². The third-order valence-corrected chi connectivity index (χ3v) is 3.47. The van der Waals surface area contributed by atoms with Crippen molar-refractivity contribution in [3.05, 3.63) is 0 Å². The van der Waals surface area contributed by atoms with Gasteiger partial charge in [0.15, 0.2) is 0 Å². The molecular formula is C13H30N3O2+. The summed E-state index contributed by atoms with van der Waals surface area (Å²) in [5, 5.41) is 6.49. The zero-order valence-corrected chi connectivity index (χ0v) is 12.2. The van der Waals surface area contributed by atoms with E-state index in [9.17, 15) is 0 Å². The maximum Gasteiger partial charge on any atom is 0.130 e. The van der Waals surface area contributed by atoms with Crippen LogP contribution < -0.4 is 10.6 Å². The molecule has 18 heavy (non-hydrogen) atoms. The molecule has 1 aliphatic rings. The van der Waals surface area contributed by atoms with E-state index in [1.165, 1.54) is 25.9 Å². The summed E-state index contributed by atoms with van der Waals surface area (Å²) in [7, 11) is 6.09. The lowest BCUT2D eigenvalue weighted by molar-refractivity contribution is -0.910. The average molecular weight is 260 g/mol. The highest BCUT2D eigenvalue weighted by Crippen LogP contribution is 2.16. The zero-order valence-electron chi connectivity index (χ0n) is 12.2. The number of quaternary nitrogens is 1. The first-order valence-corrected chi connectivity index (χ1v) is 6.99. The summed E-state index contributed by atoms with van der Waals surface area (Å²) in [5.74, 6) is 0. The van der Waals surface area contributed by atoms with Gasteiger partial charge in [0.1, 0.15) is 12.6 Å². The monoisotopic (exact) mass is 260 g/mol. The molecule has 5 heteroatoms. The number of epoxide rings is 1. The van der Waals surface area contributed by atoms with E-state index in [1.807, 2.05) is 7.05 Å². The lowest BCUT2D eigenvalue weighted by Gasteiger charge is -2.34. The molecule has 5 nitrogen and oxygen atoms in total. The van der Waals surface area contributed by atoms with Crippen molar-refractivity contribution >= 4 is 0 Å². The largest absolute Gasteiger partial charge is 0.370 e. The SMILES string of the molecule is CNCCC[N+](C)(CCCNCOC)CC1CO1. The van der Waals surface area contributed by atoms with E-state index in [0.717, 1.165) is 30.7 Å². The highest BCUT2D eigenvalue weighted by atomic mass is 16.6. The molecule has 0 radical (unpaired) electrons. The van der Waals surface area contributed by atoms with Crippen molar-refractivity contribution in [3.63, 3.8) is 0 Å². The minimum absolute atomic E-state index is 0.511. The minimum Gasteiger partial charge on any atom is -0.370 e. The van der Waals surface area contributed by atoms with Crippen LogP contribution in [-0.2, 0) is 9.47 Å². The summed E-state index contributed by atoms with van der Waals surface area (Å²) in [4.78, 5) is 0. The molecule has 0 spiro atoms. The molecule has 2 atom stereocenters. The smallest absolute Gasteiger partial charge is 0.130 e. The van der Waals surface area contributed by atoms with Gasteiger partial charge >= 0.3 is 0 Å². The molecule has 0 bridgehead atoms. The van der Waals surface area contributed by atoms with Gasteiger partial charge in [-0.3, -0.25) is 5.32 Å². The molecule has 0 saturated carbocycles. The van der Waals surface area contributed by atoms with E-state index in [4.69, 9.17) is 9.47 Å². The van der Waals surface area contributed by atoms with Crippen molar-refractivity contribution in [2.75, 3.05) is 67.3 Å². The Kier molecular flexibility index (Phi) is 7.77. The second-order valence-corrected chi connectivity index (χ2v) is 5.45. The lowest BCUT2D eigenvalue weighted by atomic mass is 10.2. The first-order chi connectivity index (χ1) is 8.70. The van der Waals surface area contributed by atoms with Crippen molar-refractivity contribution in [1.82, 2.24) is 10.6 Å². The predicted octanol–water partition coefficient (Wildman–Crippen LogP) is 0.0249. The summed E-state index contributed by atoms with van der Waals surface area (Å²) >= 11 is 0. The first-order valence-electron chi connectivity index (χ1n) is 6.99. The summed E-state index contributed by atoms with van der Waals surface area (Å²) in [6.07, 6.45) is 2.92. The van der Waals surface area contributed by atoms with Crippen LogP contribution in [0.15, 0.2) is 0 Å². The van der Waals surface area contributed by atoms with Crippen LogP contribution in [0.5, 0.6) is 0 Å². The number of likely N-dealkylation sites (N-methyl/N-ethyl adjacent to an activating group) is 1. The number of methoxy groups -OCH3 is 1. The molecule has 1 saturated heterocycles. The standard InChI is InChI=1S/C13H30N3O2/c1-14-6-4-8-16(2,10-13-11-18-13)9-5-7-15-12-17-3/h13-15H,4-12H2,1-3H3/q+1. The van der Waals surface area contributed by atoms with Gasteiger partial charge < -0.3 is 19.3 Å². The molecule has 2 unspecified atom stereocenters. The second-order valence-electron chi connectivity index (χ2n) is 5.45. The van der Waals surface area contributed by atoms with Gasteiger partial charge in [0, 0.05) is 33.0 Å². The second kappa shape index (κ2) is 8.82. The Morgan fingerprint density at radius 2 is 1.94 bits per heavy atom. The number of rotatable bonds is 12. The van der Waals surface area contributed by atoms with E-state index in [1.54, 1.807) is 7.11 Å². The van der Waals surface area contributed by atoms with Crippen LogP contribution in [-0.4, -0.2) is 77.9 Å². The Morgan fingerprint density at radius 1 is 1.28 bits per heavy atom. The Labute approximate surface area is 111 Å². The van der Waals surface area contributed by atoms with Crippen LogP contribution in [0.3, 0.4) is 0 Å². The topological polar surface area (TPSA) is 45.8 Å². The summed E-state index contributed by atoms with van der Waals surface area (Å²) in [6, 6.07) is 0. The van der Waals surface area contributed by atoms with Gasteiger partial charge in [-0.05, 0) is 7.05 Å². The van der Waals surface area contributed by atoms with Crippen molar-refractivity contribution < 1.29 is 14.0 Å². The molecule has 1 heterocycles. The number of hydrogen-bond donors (Lipinski definition) is 2. The Bertz CT molecular complexity index is 212. The number of ether oxygens (including phenoxy) is 2.